The molecule has 4 aromatic rings. The highest BCUT2D eigenvalue weighted by molar-refractivity contribution is 7.15. The van der Waals surface area contributed by atoms with E-state index in [4.69, 9.17) is 0 Å². The van der Waals surface area contributed by atoms with Gasteiger partial charge in [0.2, 0.25) is 0 Å². The first-order valence-electron chi connectivity index (χ1n) is 9.65. The van der Waals surface area contributed by atoms with Crippen LogP contribution in [0.15, 0.2) is 60.9 Å². The zero-order valence-corrected chi connectivity index (χ0v) is 17.1. The van der Waals surface area contributed by atoms with Gasteiger partial charge in [0.25, 0.3) is 11.8 Å². The summed E-state index contributed by atoms with van der Waals surface area (Å²) in [6.07, 6.45) is 3.67. The van der Waals surface area contributed by atoms with Crippen LogP contribution < -0.4 is 5.32 Å². The average molecular weight is 431 g/mol. The Morgan fingerprint density at radius 3 is 2.68 bits per heavy atom. The summed E-state index contributed by atoms with van der Waals surface area (Å²) < 4.78 is 0. The van der Waals surface area contributed by atoms with Gasteiger partial charge in [-0.15, -0.1) is 5.10 Å². The third-order valence-electron chi connectivity index (χ3n) is 4.83. The zero-order valence-electron chi connectivity index (χ0n) is 16.3. The van der Waals surface area contributed by atoms with Crippen molar-refractivity contribution in [3.8, 4) is 5.69 Å². The number of para-hydroxylation sites is 1. The minimum Gasteiger partial charge on any atom is -0.332 e. The largest absolute Gasteiger partial charge is 0.332 e. The molecule has 0 aliphatic carbocycles. The van der Waals surface area contributed by atoms with Crippen LogP contribution in [0.4, 0.5) is 5.13 Å². The van der Waals surface area contributed by atoms with E-state index in [-0.39, 0.29) is 11.8 Å². The van der Waals surface area contributed by atoms with E-state index in [1.807, 2.05) is 30.3 Å². The lowest BCUT2D eigenvalue weighted by molar-refractivity contribution is 0.0729. The number of carbonyl (C=O) groups is 2. The summed E-state index contributed by atoms with van der Waals surface area (Å²) >= 11 is 1.37. The summed E-state index contributed by atoms with van der Waals surface area (Å²) in [6, 6.07) is 14.6. The van der Waals surface area contributed by atoms with E-state index in [1.165, 1.54) is 22.3 Å². The van der Waals surface area contributed by atoms with Gasteiger partial charge >= 0.3 is 0 Å². The molecule has 2 amide bonds. The lowest BCUT2D eigenvalue weighted by Gasteiger charge is -2.25. The number of fused-ring (bicyclic) bond motifs is 1. The highest BCUT2D eigenvalue weighted by atomic mass is 32.1. The Bertz CT molecular complexity index is 1240. The van der Waals surface area contributed by atoms with Crippen molar-refractivity contribution >= 4 is 28.3 Å². The molecule has 10 heteroatoms. The van der Waals surface area contributed by atoms with E-state index in [9.17, 15) is 9.59 Å². The van der Waals surface area contributed by atoms with Crippen molar-refractivity contribution in [3.63, 3.8) is 0 Å². The first-order chi connectivity index (χ1) is 15.2. The van der Waals surface area contributed by atoms with Crippen molar-refractivity contribution < 1.29 is 9.59 Å². The summed E-state index contributed by atoms with van der Waals surface area (Å²) in [5.74, 6) is -0.488. The molecule has 5 rings (SSSR count). The topological polar surface area (TPSA) is 106 Å². The van der Waals surface area contributed by atoms with Gasteiger partial charge in [-0.05, 0) is 24.3 Å². The number of carbonyl (C=O) groups excluding carboxylic acids is 2. The summed E-state index contributed by atoms with van der Waals surface area (Å²) in [4.78, 5) is 37.9. The van der Waals surface area contributed by atoms with Crippen LogP contribution in [0.2, 0.25) is 0 Å². The summed E-state index contributed by atoms with van der Waals surface area (Å²) in [6.45, 7) is 0.949. The molecule has 0 spiro atoms. The minimum atomic E-state index is -0.308. The fourth-order valence-electron chi connectivity index (χ4n) is 3.29. The number of pyridine rings is 1. The second-order valence-corrected chi connectivity index (χ2v) is 7.97. The van der Waals surface area contributed by atoms with Gasteiger partial charge in [-0.25, -0.2) is 4.98 Å². The predicted octanol–water partition coefficient (Wildman–Crippen LogP) is 2.57. The summed E-state index contributed by atoms with van der Waals surface area (Å²) in [5.41, 5.74) is 2.31. The van der Waals surface area contributed by atoms with Gasteiger partial charge in [-0.2, -0.15) is 9.90 Å². The Balaban J connectivity index is 1.28. The van der Waals surface area contributed by atoms with Gasteiger partial charge in [0.05, 0.1) is 24.1 Å². The molecule has 1 aromatic carbocycles. The maximum Gasteiger partial charge on any atom is 0.276 e. The van der Waals surface area contributed by atoms with Crippen molar-refractivity contribution in [1.29, 1.82) is 0 Å². The van der Waals surface area contributed by atoms with Crippen molar-refractivity contribution in [2.75, 3.05) is 11.9 Å². The molecule has 3 aromatic heterocycles. The van der Waals surface area contributed by atoms with E-state index in [0.29, 0.717) is 36.0 Å². The number of rotatable bonds is 4. The molecular formula is C21H17N7O2S. The number of nitrogens with zero attached hydrogens (tertiary/aromatic N) is 6. The number of hydrogen-bond acceptors (Lipinski definition) is 7. The third kappa shape index (κ3) is 3.92. The molecule has 31 heavy (non-hydrogen) atoms. The van der Waals surface area contributed by atoms with Crippen LogP contribution in [-0.2, 0) is 13.0 Å². The highest BCUT2D eigenvalue weighted by Crippen LogP contribution is 2.29. The zero-order chi connectivity index (χ0) is 21.2. The molecule has 1 aliphatic rings. The monoisotopic (exact) mass is 431 g/mol. The second-order valence-electron chi connectivity index (χ2n) is 6.89. The van der Waals surface area contributed by atoms with Crippen molar-refractivity contribution in [1.82, 2.24) is 29.9 Å². The second kappa shape index (κ2) is 8.07. The average Bonchev–Trinajstić information content (AvgIpc) is 3.46. The molecule has 0 saturated carbocycles. The number of aromatic nitrogens is 5. The minimum absolute atomic E-state index is 0.180. The van der Waals surface area contributed by atoms with E-state index in [2.05, 4.69) is 25.5 Å². The van der Waals surface area contributed by atoms with Crippen LogP contribution >= 0.6 is 11.3 Å². The van der Waals surface area contributed by atoms with E-state index < -0.39 is 0 Å². The van der Waals surface area contributed by atoms with E-state index in [1.54, 1.807) is 29.3 Å². The van der Waals surface area contributed by atoms with Gasteiger partial charge in [-0.3, -0.25) is 19.9 Å². The number of hydrogen-bond donors (Lipinski definition) is 1. The fraction of sp³-hybridized carbons (Fsp3) is 0.143. The molecular weight excluding hydrogens is 414 g/mol. The normalized spacial score (nSPS) is 13.0. The Hall–Kier alpha value is -3.92. The Labute approximate surface area is 181 Å². The van der Waals surface area contributed by atoms with Crippen molar-refractivity contribution in [3.05, 3.63) is 82.9 Å². The molecule has 0 unspecified atom stereocenters. The maximum absolute atomic E-state index is 12.9. The SMILES string of the molecule is O=C(Nc1nc2c(s1)CN(C(=O)c1cnn(-c3ccccc3)n1)CC2)c1ccccn1. The summed E-state index contributed by atoms with van der Waals surface area (Å²) in [7, 11) is 0. The lowest BCUT2D eigenvalue weighted by atomic mass is 10.1. The van der Waals surface area contributed by atoms with E-state index in [0.717, 1.165) is 16.3 Å². The molecule has 0 fully saturated rings. The number of benzene rings is 1. The smallest absolute Gasteiger partial charge is 0.276 e. The van der Waals surface area contributed by atoms with Crippen molar-refractivity contribution in [2.45, 2.75) is 13.0 Å². The lowest BCUT2D eigenvalue weighted by Crippen LogP contribution is -2.35. The van der Waals surface area contributed by atoms with Gasteiger partial charge < -0.3 is 4.90 Å². The fourth-order valence-corrected chi connectivity index (χ4v) is 4.31. The van der Waals surface area contributed by atoms with Crippen LogP contribution in [0.3, 0.4) is 0 Å². The van der Waals surface area contributed by atoms with Crippen LogP contribution in [0.1, 0.15) is 31.5 Å². The molecule has 154 valence electrons. The van der Waals surface area contributed by atoms with E-state index >= 15 is 0 Å². The Morgan fingerprint density at radius 2 is 1.87 bits per heavy atom. The van der Waals surface area contributed by atoms with Crippen LogP contribution in [0.5, 0.6) is 0 Å². The Morgan fingerprint density at radius 1 is 1.03 bits per heavy atom. The molecule has 0 bridgehead atoms. The Kier molecular flexibility index (Phi) is 4.97. The van der Waals surface area contributed by atoms with Gasteiger partial charge in [0.15, 0.2) is 10.8 Å². The van der Waals surface area contributed by atoms with Crippen LogP contribution in [0, 0.1) is 0 Å². The maximum atomic E-state index is 12.9. The van der Waals surface area contributed by atoms with Crippen LogP contribution in [-0.4, -0.2) is 48.2 Å². The van der Waals surface area contributed by atoms with Gasteiger partial charge in [0, 0.05) is 24.0 Å². The molecule has 4 heterocycles. The molecule has 0 radical (unpaired) electrons. The third-order valence-corrected chi connectivity index (χ3v) is 5.83. The number of amides is 2. The first kappa shape index (κ1) is 19.1. The number of nitrogens with one attached hydrogen (secondary N) is 1. The summed E-state index contributed by atoms with van der Waals surface area (Å²) in [5, 5.41) is 11.8. The first-order valence-corrected chi connectivity index (χ1v) is 10.5. The van der Waals surface area contributed by atoms with Gasteiger partial charge in [-0.1, -0.05) is 35.6 Å². The van der Waals surface area contributed by atoms with Crippen LogP contribution in [0.25, 0.3) is 5.69 Å². The molecule has 1 N–H and O–H groups in total. The quantitative estimate of drug-likeness (QED) is 0.532. The molecule has 9 nitrogen and oxygen atoms in total. The van der Waals surface area contributed by atoms with Crippen molar-refractivity contribution in [2.24, 2.45) is 0 Å². The predicted molar refractivity (Wildman–Crippen MR) is 114 cm³/mol. The standard InChI is InChI=1S/C21H17N7O2S/c29-19(16-8-4-5-10-22-16)25-21-24-15-9-11-27(13-18(15)31-21)20(30)17-12-23-28(26-17)14-6-2-1-3-7-14/h1-8,10,12H,9,11,13H2,(H,24,25,29). The molecule has 0 saturated heterocycles. The number of thiazole rings is 1. The molecule has 0 atom stereocenters. The highest BCUT2D eigenvalue weighted by Gasteiger charge is 2.27. The molecule has 1 aliphatic heterocycles. The van der Waals surface area contributed by atoms with Gasteiger partial charge in [0.1, 0.15) is 5.69 Å². The number of anilines is 1.